The van der Waals surface area contributed by atoms with Crippen LogP contribution in [0.25, 0.3) is 31.0 Å². The van der Waals surface area contributed by atoms with E-state index in [1.54, 1.807) is 102 Å². The maximum atomic E-state index is 14.1. The van der Waals surface area contributed by atoms with E-state index in [1.165, 1.54) is 22.5 Å². The fourth-order valence-corrected chi connectivity index (χ4v) is 10.3. The fraction of sp³-hybridized carbons (Fsp3) is 0.273. The van der Waals surface area contributed by atoms with E-state index < -0.39 is 35.4 Å². The van der Waals surface area contributed by atoms with Gasteiger partial charge in [-0.3, -0.25) is 19.2 Å². The minimum atomic E-state index is -0.949. The summed E-state index contributed by atoms with van der Waals surface area (Å²) in [4.78, 5) is 61.6. The lowest BCUT2D eigenvalue weighted by atomic mass is 9.85. The van der Waals surface area contributed by atoms with Crippen LogP contribution in [-0.4, -0.2) is 86.4 Å². The number of nitrogens with zero attached hydrogens (tertiary/aromatic N) is 3. The molecule has 0 bridgehead atoms. The number of benzene rings is 5. The number of ether oxygens (including phenoxy) is 2. The van der Waals surface area contributed by atoms with Crippen molar-refractivity contribution < 1.29 is 44.0 Å². The summed E-state index contributed by atoms with van der Waals surface area (Å²) in [5.41, 5.74) is 8.45. The Bertz CT molecular complexity index is 3070. The van der Waals surface area contributed by atoms with Crippen molar-refractivity contribution in [2.45, 2.75) is 78.1 Å². The second-order valence-electron chi connectivity index (χ2n) is 18.7. The quantitative estimate of drug-likeness (QED) is 0.0289. The molecule has 372 valence electrons. The first-order chi connectivity index (χ1) is 34.5. The minimum absolute atomic E-state index is 0.0229. The zero-order valence-corrected chi connectivity index (χ0v) is 42.1. The highest BCUT2D eigenvalue weighted by molar-refractivity contribution is 7.22. The number of aromatic nitrogens is 1. The first-order valence-corrected chi connectivity index (χ1v) is 25.2. The number of hydrazone groups is 1. The number of aliphatic hydroxyl groups excluding tert-OH is 1. The molecule has 0 unspecified atom stereocenters. The Balaban J connectivity index is 0.781. The maximum absolute atomic E-state index is 14.1. The van der Waals surface area contributed by atoms with Gasteiger partial charge in [0.25, 0.3) is 5.91 Å². The van der Waals surface area contributed by atoms with Gasteiger partial charge in [0.1, 0.15) is 35.1 Å². The summed E-state index contributed by atoms with van der Waals surface area (Å²) >= 11 is 3.02. The highest BCUT2D eigenvalue weighted by atomic mass is 32.1. The Morgan fingerprint density at radius 1 is 0.861 bits per heavy atom. The van der Waals surface area contributed by atoms with Crippen LogP contribution in [0.15, 0.2) is 126 Å². The summed E-state index contributed by atoms with van der Waals surface area (Å²) < 4.78 is 13.1. The van der Waals surface area contributed by atoms with Crippen molar-refractivity contribution in [1.29, 1.82) is 0 Å². The first-order valence-electron chi connectivity index (χ1n) is 23.5. The van der Waals surface area contributed by atoms with Gasteiger partial charge in [-0.2, -0.15) is 5.10 Å². The third kappa shape index (κ3) is 12.3. The van der Waals surface area contributed by atoms with Crippen LogP contribution in [0.2, 0.25) is 0 Å². The lowest BCUT2D eigenvalue weighted by molar-refractivity contribution is -0.144. The van der Waals surface area contributed by atoms with Gasteiger partial charge in [-0.25, -0.2) is 10.4 Å². The van der Waals surface area contributed by atoms with Gasteiger partial charge in [-0.15, -0.1) is 22.7 Å². The highest BCUT2D eigenvalue weighted by Crippen LogP contribution is 2.47. The molecule has 5 aromatic carbocycles. The molecular weight excluding hydrogens is 953 g/mol. The Kier molecular flexibility index (Phi) is 15.7. The van der Waals surface area contributed by atoms with Gasteiger partial charge in [0.15, 0.2) is 5.75 Å². The largest absolute Gasteiger partial charge is 0.508 e. The van der Waals surface area contributed by atoms with E-state index in [1.807, 2.05) is 64.4 Å². The molecule has 0 radical (unpaired) electrons. The number of phenolic OH excluding ortho intramolecular Hbond substituents is 2. The van der Waals surface area contributed by atoms with E-state index in [2.05, 4.69) is 26.1 Å². The number of β-amino-alcohol motifs (C(OH)–C–C–N with tert-alkyl or cyclic N) is 1. The molecule has 1 aliphatic rings. The molecule has 4 atom stereocenters. The van der Waals surface area contributed by atoms with Crippen molar-refractivity contribution in [3.05, 3.63) is 143 Å². The number of nitrogens with one attached hydrogen (secondary N) is 3. The van der Waals surface area contributed by atoms with Gasteiger partial charge in [-0.05, 0) is 139 Å². The van der Waals surface area contributed by atoms with E-state index >= 15 is 0 Å². The third-order valence-corrected chi connectivity index (χ3v) is 14.4. The summed E-state index contributed by atoms with van der Waals surface area (Å²) in [5.74, 6) is 0.373. The van der Waals surface area contributed by atoms with Crippen LogP contribution in [0.4, 0.5) is 0 Å². The standard InChI is InChI=1S/C55H56N6O9S2/c1-32(35-10-12-36(13-11-35)49-33(2)56-31-71-49)58-53(67)45-27-41(64)30-61(45)54(68)51(55(3,4)5)59-47(65)7-6-26-69-42-21-8-34(9-22-42)29-57-60-52(66)38-16-23-43(24-17-38)70-48-44-25-20-40(63)28-46(44)72-50(48)37-14-18-39(62)19-15-37/h8-25,28-29,31-32,41,45,51,62-64H,6-7,26-27,30H2,1-5H3,(H,58,67)(H,59,65)(H,60,66)/b57-29+/t32-,41+,45-,51+/m0/s1. The van der Waals surface area contributed by atoms with E-state index in [4.69, 9.17) is 9.47 Å². The molecular formula is C55H56N6O9S2. The number of aliphatic hydroxyl groups is 1. The van der Waals surface area contributed by atoms with Crippen LogP contribution in [-0.2, 0) is 14.4 Å². The summed E-state index contributed by atoms with van der Waals surface area (Å²) in [6, 6.07) is 31.2. The smallest absolute Gasteiger partial charge is 0.271 e. The summed E-state index contributed by atoms with van der Waals surface area (Å²) in [5, 5.41) is 41.4. The van der Waals surface area contributed by atoms with Crippen LogP contribution < -0.4 is 25.5 Å². The number of aryl methyl sites for hydroxylation is 1. The lowest BCUT2D eigenvalue weighted by Gasteiger charge is -2.35. The maximum Gasteiger partial charge on any atom is 0.271 e. The van der Waals surface area contributed by atoms with Crippen LogP contribution in [0.5, 0.6) is 28.7 Å². The Hall–Kier alpha value is -7.60. The first kappa shape index (κ1) is 50.8. The fourth-order valence-electron chi connectivity index (χ4n) is 8.31. The molecule has 2 aromatic heterocycles. The number of phenols is 2. The Morgan fingerprint density at radius 2 is 1.53 bits per heavy atom. The van der Waals surface area contributed by atoms with Crippen LogP contribution in [0.1, 0.15) is 80.2 Å². The molecule has 15 nitrogen and oxygen atoms in total. The molecule has 4 amide bonds. The molecule has 8 rings (SSSR count). The molecule has 0 aliphatic carbocycles. The monoisotopic (exact) mass is 1010 g/mol. The molecule has 0 saturated carbocycles. The topological polar surface area (TPSA) is 212 Å². The number of aromatic hydroxyl groups is 2. The predicted octanol–water partition coefficient (Wildman–Crippen LogP) is 9.50. The second kappa shape index (κ2) is 22.2. The van der Waals surface area contributed by atoms with Gasteiger partial charge in [0, 0.05) is 35.0 Å². The molecule has 0 spiro atoms. The molecule has 1 aliphatic heterocycles. The minimum Gasteiger partial charge on any atom is -0.508 e. The molecule has 17 heteroatoms. The Labute approximate surface area is 425 Å². The van der Waals surface area contributed by atoms with E-state index in [9.17, 15) is 34.5 Å². The molecule has 6 N–H and O–H groups in total. The zero-order valence-electron chi connectivity index (χ0n) is 40.4. The van der Waals surface area contributed by atoms with Gasteiger partial charge in [0.05, 0.1) is 45.9 Å². The molecule has 7 aromatic rings. The number of carbonyl (C=O) groups excluding carboxylic acids is 4. The van der Waals surface area contributed by atoms with Crippen molar-refractivity contribution >= 4 is 62.6 Å². The normalized spacial score (nSPS) is 15.6. The van der Waals surface area contributed by atoms with Gasteiger partial charge in [-0.1, -0.05) is 45.0 Å². The van der Waals surface area contributed by atoms with Gasteiger partial charge < -0.3 is 40.3 Å². The van der Waals surface area contributed by atoms with Crippen molar-refractivity contribution in [1.82, 2.24) is 25.9 Å². The number of rotatable bonds is 17. The van der Waals surface area contributed by atoms with Crippen molar-refractivity contribution in [2.75, 3.05) is 13.2 Å². The highest BCUT2D eigenvalue weighted by Gasteiger charge is 2.44. The van der Waals surface area contributed by atoms with Crippen molar-refractivity contribution in [3.8, 4) is 49.6 Å². The summed E-state index contributed by atoms with van der Waals surface area (Å²) in [7, 11) is 0. The van der Waals surface area contributed by atoms with Gasteiger partial charge in [0.2, 0.25) is 17.7 Å². The Morgan fingerprint density at radius 3 is 2.21 bits per heavy atom. The number of thiazole rings is 1. The van der Waals surface area contributed by atoms with E-state index in [-0.39, 0.29) is 55.3 Å². The van der Waals surface area contributed by atoms with Crippen LogP contribution in [0.3, 0.4) is 0 Å². The van der Waals surface area contributed by atoms with E-state index in [0.29, 0.717) is 34.8 Å². The third-order valence-electron chi connectivity index (χ3n) is 12.2. The second-order valence-corrected chi connectivity index (χ2v) is 20.6. The average Bonchev–Trinajstić information content (AvgIpc) is 4.08. The SMILES string of the molecule is Cc1ncsc1-c1ccc([C@H](C)NC(=O)[C@@H]2C[C@@H](O)CN2C(=O)[C@@H](NC(=O)CCCOc2ccc(/C=N/NC(=O)c3ccc(Oc4c(-c5ccc(O)cc5)sc5cc(O)ccc45)cc3)cc2)C(C)(C)C)cc1. The van der Waals surface area contributed by atoms with Crippen LogP contribution >= 0.6 is 22.7 Å². The number of thiophene rings is 1. The zero-order chi connectivity index (χ0) is 51.1. The molecule has 1 saturated heterocycles. The van der Waals surface area contributed by atoms with Gasteiger partial charge >= 0.3 is 0 Å². The number of hydrogen-bond acceptors (Lipinski definition) is 13. The lowest BCUT2D eigenvalue weighted by Crippen LogP contribution is -2.57. The molecule has 72 heavy (non-hydrogen) atoms. The van der Waals surface area contributed by atoms with Crippen LogP contribution in [0, 0.1) is 12.3 Å². The number of hydrogen-bond donors (Lipinski definition) is 6. The summed E-state index contributed by atoms with van der Waals surface area (Å²) in [6.45, 7) is 9.58. The molecule has 3 heterocycles. The number of likely N-dealkylation sites (tertiary alicyclic amines) is 1. The average molecular weight is 1010 g/mol. The molecule has 1 fully saturated rings. The number of amides is 4. The number of fused-ring (bicyclic) bond motifs is 1. The van der Waals surface area contributed by atoms with E-state index in [0.717, 1.165) is 42.2 Å². The van der Waals surface area contributed by atoms with Crippen molar-refractivity contribution in [3.63, 3.8) is 0 Å². The summed E-state index contributed by atoms with van der Waals surface area (Å²) in [6.07, 6.45) is 1.16. The van der Waals surface area contributed by atoms with Crippen molar-refractivity contribution in [2.24, 2.45) is 10.5 Å². The number of carbonyl (C=O) groups is 4. The predicted molar refractivity (Wildman–Crippen MR) is 280 cm³/mol.